The van der Waals surface area contributed by atoms with Crippen LogP contribution in [0.4, 0.5) is 0 Å². The largest absolute Gasteiger partial charge is 0.334 e. The molecule has 1 aromatic rings. The van der Waals surface area contributed by atoms with E-state index in [0.717, 1.165) is 25.3 Å². The van der Waals surface area contributed by atoms with Crippen LogP contribution in [0.3, 0.4) is 0 Å². The van der Waals surface area contributed by atoms with E-state index in [1.165, 1.54) is 0 Å². The van der Waals surface area contributed by atoms with E-state index in [1.54, 1.807) is 6.20 Å². The molecule has 2 N–H and O–H groups in total. The normalized spacial score (nSPS) is 23.4. The first-order valence-electron chi connectivity index (χ1n) is 6.71. The van der Waals surface area contributed by atoms with E-state index in [1.807, 2.05) is 18.4 Å². The fraction of sp³-hybridized carbons (Fsp3) is 0.750. The number of sulfonamides is 1. The summed E-state index contributed by atoms with van der Waals surface area (Å²) in [7, 11) is -3.53. The SMILES string of the molecule is CCn1cc(S(=O)(=O)NC2CNCCC2C)nc1C.Cl. The van der Waals surface area contributed by atoms with Crippen LogP contribution in [-0.4, -0.2) is 37.1 Å². The average Bonchev–Trinajstić information content (AvgIpc) is 2.74. The number of nitrogens with zero attached hydrogens (tertiary/aromatic N) is 2. The minimum Gasteiger partial charge on any atom is -0.334 e. The van der Waals surface area contributed by atoms with Crippen LogP contribution in [0.2, 0.25) is 0 Å². The van der Waals surface area contributed by atoms with Crippen molar-refractivity contribution in [3.63, 3.8) is 0 Å². The lowest BCUT2D eigenvalue weighted by molar-refractivity contribution is 0.327. The van der Waals surface area contributed by atoms with Crippen LogP contribution in [0.15, 0.2) is 11.2 Å². The molecular weight excluding hydrogens is 300 g/mol. The maximum absolute atomic E-state index is 12.3. The van der Waals surface area contributed by atoms with Crippen LogP contribution < -0.4 is 10.0 Å². The summed E-state index contributed by atoms with van der Waals surface area (Å²) in [6, 6.07) is -0.0640. The van der Waals surface area contributed by atoms with Crippen molar-refractivity contribution in [1.82, 2.24) is 19.6 Å². The zero-order valence-electron chi connectivity index (χ0n) is 12.1. The second kappa shape index (κ2) is 6.89. The predicted molar refractivity (Wildman–Crippen MR) is 80.6 cm³/mol. The molecule has 116 valence electrons. The van der Waals surface area contributed by atoms with E-state index >= 15 is 0 Å². The third-order valence-corrected chi connectivity index (χ3v) is 5.06. The van der Waals surface area contributed by atoms with Gasteiger partial charge in [0.05, 0.1) is 0 Å². The van der Waals surface area contributed by atoms with Gasteiger partial charge in [0, 0.05) is 25.3 Å². The summed E-state index contributed by atoms with van der Waals surface area (Å²) in [5.74, 6) is 1.06. The molecule has 1 aliphatic heterocycles. The summed E-state index contributed by atoms with van der Waals surface area (Å²) in [6.07, 6.45) is 2.58. The smallest absolute Gasteiger partial charge is 0.259 e. The molecule has 0 aromatic carbocycles. The number of halogens is 1. The summed E-state index contributed by atoms with van der Waals surface area (Å²) < 4.78 is 29.2. The second-order valence-electron chi connectivity index (χ2n) is 5.11. The zero-order valence-corrected chi connectivity index (χ0v) is 13.7. The van der Waals surface area contributed by atoms with E-state index < -0.39 is 10.0 Å². The van der Waals surface area contributed by atoms with Gasteiger partial charge in [-0.25, -0.2) is 18.1 Å². The molecule has 0 radical (unpaired) electrons. The van der Waals surface area contributed by atoms with Crippen LogP contribution in [0.5, 0.6) is 0 Å². The number of hydrogen-bond acceptors (Lipinski definition) is 4. The van der Waals surface area contributed by atoms with Gasteiger partial charge in [-0.1, -0.05) is 6.92 Å². The maximum atomic E-state index is 12.3. The Morgan fingerprint density at radius 1 is 1.55 bits per heavy atom. The number of hydrogen-bond donors (Lipinski definition) is 2. The minimum atomic E-state index is -3.53. The van der Waals surface area contributed by atoms with Crippen molar-refractivity contribution in [3.8, 4) is 0 Å². The Morgan fingerprint density at radius 3 is 2.80 bits per heavy atom. The van der Waals surface area contributed by atoms with E-state index in [0.29, 0.717) is 12.5 Å². The van der Waals surface area contributed by atoms with Gasteiger partial charge in [0.15, 0.2) is 5.03 Å². The summed E-state index contributed by atoms with van der Waals surface area (Å²) in [5.41, 5.74) is 0. The zero-order chi connectivity index (χ0) is 14.0. The monoisotopic (exact) mass is 322 g/mol. The van der Waals surface area contributed by atoms with Crippen molar-refractivity contribution in [2.24, 2.45) is 5.92 Å². The highest BCUT2D eigenvalue weighted by molar-refractivity contribution is 7.89. The van der Waals surface area contributed by atoms with Crippen LogP contribution in [0.1, 0.15) is 26.1 Å². The number of aromatic nitrogens is 2. The van der Waals surface area contributed by atoms with Gasteiger partial charge in [-0.2, -0.15) is 0 Å². The fourth-order valence-corrected chi connectivity index (χ4v) is 3.69. The molecule has 1 saturated heterocycles. The fourth-order valence-electron chi connectivity index (χ4n) is 2.34. The molecule has 1 fully saturated rings. The molecule has 0 saturated carbocycles. The quantitative estimate of drug-likeness (QED) is 0.864. The Kier molecular flexibility index (Phi) is 6.00. The molecule has 2 unspecified atom stereocenters. The number of rotatable bonds is 4. The number of imidazole rings is 1. The summed E-state index contributed by atoms with van der Waals surface area (Å²) in [6.45, 7) is 8.19. The lowest BCUT2D eigenvalue weighted by atomic mass is 9.96. The van der Waals surface area contributed by atoms with Gasteiger partial charge in [0.2, 0.25) is 0 Å². The summed E-state index contributed by atoms with van der Waals surface area (Å²) >= 11 is 0. The first-order valence-corrected chi connectivity index (χ1v) is 8.19. The first kappa shape index (κ1) is 17.4. The highest BCUT2D eigenvalue weighted by atomic mass is 35.5. The van der Waals surface area contributed by atoms with Gasteiger partial charge < -0.3 is 9.88 Å². The topological polar surface area (TPSA) is 76.0 Å². The lowest BCUT2D eigenvalue weighted by Gasteiger charge is -2.29. The summed E-state index contributed by atoms with van der Waals surface area (Å²) in [4.78, 5) is 4.14. The molecule has 20 heavy (non-hydrogen) atoms. The third-order valence-electron chi connectivity index (χ3n) is 3.70. The molecule has 2 heterocycles. The highest BCUT2D eigenvalue weighted by Crippen LogP contribution is 2.15. The molecule has 0 amide bonds. The molecule has 8 heteroatoms. The minimum absolute atomic E-state index is 0. The predicted octanol–water partition coefficient (Wildman–Crippen LogP) is 0.910. The number of piperidine rings is 1. The van der Waals surface area contributed by atoms with E-state index in [-0.39, 0.29) is 23.5 Å². The molecule has 2 atom stereocenters. The second-order valence-corrected chi connectivity index (χ2v) is 6.77. The van der Waals surface area contributed by atoms with Crippen LogP contribution >= 0.6 is 12.4 Å². The Bertz CT molecular complexity index is 544. The molecular formula is C12H23ClN4O2S. The van der Waals surface area contributed by atoms with Crippen molar-refractivity contribution in [3.05, 3.63) is 12.0 Å². The van der Waals surface area contributed by atoms with E-state index in [2.05, 4.69) is 21.9 Å². The van der Waals surface area contributed by atoms with Gasteiger partial charge >= 0.3 is 0 Å². The van der Waals surface area contributed by atoms with Gasteiger partial charge in [-0.05, 0) is 32.7 Å². The Balaban J connectivity index is 0.00000200. The van der Waals surface area contributed by atoms with Gasteiger partial charge in [0.25, 0.3) is 10.0 Å². The van der Waals surface area contributed by atoms with Crippen LogP contribution in [-0.2, 0) is 16.6 Å². The molecule has 0 aliphatic carbocycles. The standard InChI is InChI=1S/C12H22N4O2S.ClH/c1-4-16-8-12(14-10(16)3)19(17,18)15-11-7-13-6-5-9(11)2;/h8-9,11,13,15H,4-7H2,1-3H3;1H. The molecule has 1 aromatic heterocycles. The Hall–Kier alpha value is -0.630. The molecule has 1 aliphatic rings. The van der Waals surface area contributed by atoms with Crippen molar-refractivity contribution >= 4 is 22.4 Å². The van der Waals surface area contributed by atoms with Gasteiger partial charge in [0.1, 0.15) is 5.82 Å². The van der Waals surface area contributed by atoms with E-state index in [4.69, 9.17) is 0 Å². The van der Waals surface area contributed by atoms with Crippen molar-refractivity contribution in [2.45, 2.75) is 44.8 Å². The van der Waals surface area contributed by atoms with Gasteiger partial charge in [-0.3, -0.25) is 0 Å². The molecule has 0 bridgehead atoms. The summed E-state index contributed by atoms with van der Waals surface area (Å²) in [5, 5.41) is 3.33. The molecule has 0 spiro atoms. The molecule has 6 nitrogen and oxygen atoms in total. The van der Waals surface area contributed by atoms with Crippen molar-refractivity contribution in [1.29, 1.82) is 0 Å². The maximum Gasteiger partial charge on any atom is 0.259 e. The van der Waals surface area contributed by atoms with Crippen LogP contribution in [0, 0.1) is 12.8 Å². The van der Waals surface area contributed by atoms with Gasteiger partial charge in [-0.15, -0.1) is 12.4 Å². The Labute approximate surface area is 126 Å². The third kappa shape index (κ3) is 3.72. The number of nitrogens with one attached hydrogen (secondary N) is 2. The lowest BCUT2D eigenvalue weighted by Crippen LogP contribution is -2.50. The van der Waals surface area contributed by atoms with Crippen molar-refractivity contribution < 1.29 is 8.42 Å². The molecule has 2 rings (SSSR count). The highest BCUT2D eigenvalue weighted by Gasteiger charge is 2.28. The van der Waals surface area contributed by atoms with E-state index in [9.17, 15) is 8.42 Å². The van der Waals surface area contributed by atoms with Crippen molar-refractivity contribution in [2.75, 3.05) is 13.1 Å². The number of aryl methyl sites for hydroxylation is 2. The average molecular weight is 323 g/mol. The Morgan fingerprint density at radius 2 is 2.25 bits per heavy atom. The van der Waals surface area contributed by atoms with Crippen LogP contribution in [0.25, 0.3) is 0 Å². The first-order chi connectivity index (χ1) is 8.94.